The molecule has 2 aromatic rings. The molecule has 84 valence electrons. The van der Waals surface area contributed by atoms with Crippen molar-refractivity contribution in [3.63, 3.8) is 0 Å². The number of rotatable bonds is 2. The van der Waals surface area contributed by atoms with Gasteiger partial charge in [0, 0.05) is 11.4 Å². The largest absolute Gasteiger partial charge is 0.315 e. The molecule has 0 amide bonds. The fourth-order valence-electron chi connectivity index (χ4n) is 2.01. The monoisotopic (exact) mass is 234 g/mol. The van der Waals surface area contributed by atoms with Crippen LogP contribution in [0, 0.1) is 6.92 Å². The van der Waals surface area contributed by atoms with Crippen molar-refractivity contribution in [1.82, 2.24) is 20.3 Å². The van der Waals surface area contributed by atoms with Crippen LogP contribution in [0.25, 0.3) is 10.6 Å². The molecule has 1 saturated heterocycles. The fourth-order valence-corrected chi connectivity index (χ4v) is 2.82. The smallest absolute Gasteiger partial charge is 0.123 e. The first-order valence-corrected chi connectivity index (χ1v) is 6.34. The molecular weight excluding hydrogens is 220 g/mol. The van der Waals surface area contributed by atoms with E-state index in [-0.39, 0.29) is 0 Å². The SMILES string of the molecule is Cc1ccc(-c2cn(C3CCNC3)nn2)s1. The van der Waals surface area contributed by atoms with Crippen LogP contribution in [0.2, 0.25) is 0 Å². The zero-order valence-electron chi connectivity index (χ0n) is 9.18. The summed E-state index contributed by atoms with van der Waals surface area (Å²) in [5.74, 6) is 0. The molecule has 0 bridgehead atoms. The van der Waals surface area contributed by atoms with E-state index in [0.29, 0.717) is 6.04 Å². The van der Waals surface area contributed by atoms with Gasteiger partial charge in [-0.2, -0.15) is 0 Å². The van der Waals surface area contributed by atoms with Crippen LogP contribution in [0.1, 0.15) is 17.3 Å². The van der Waals surface area contributed by atoms with Gasteiger partial charge in [0.1, 0.15) is 5.69 Å². The Bertz CT molecular complexity index is 482. The molecule has 1 N–H and O–H groups in total. The first-order valence-electron chi connectivity index (χ1n) is 5.52. The highest BCUT2D eigenvalue weighted by Gasteiger charge is 2.18. The van der Waals surface area contributed by atoms with Gasteiger partial charge in [-0.25, -0.2) is 4.68 Å². The zero-order chi connectivity index (χ0) is 11.0. The topological polar surface area (TPSA) is 42.7 Å². The first kappa shape index (κ1) is 9.99. The van der Waals surface area contributed by atoms with Crippen LogP contribution in [0.4, 0.5) is 0 Å². The Hall–Kier alpha value is -1.20. The third kappa shape index (κ3) is 1.76. The number of hydrogen-bond donors (Lipinski definition) is 1. The Morgan fingerprint density at radius 3 is 3.12 bits per heavy atom. The lowest BCUT2D eigenvalue weighted by Gasteiger charge is -2.05. The molecule has 5 heteroatoms. The van der Waals surface area contributed by atoms with Gasteiger partial charge in [-0.3, -0.25) is 0 Å². The minimum Gasteiger partial charge on any atom is -0.315 e. The quantitative estimate of drug-likeness (QED) is 0.862. The minimum atomic E-state index is 0.474. The van der Waals surface area contributed by atoms with Gasteiger partial charge in [-0.05, 0) is 32.0 Å². The van der Waals surface area contributed by atoms with Crippen LogP contribution in [0.3, 0.4) is 0 Å². The van der Waals surface area contributed by atoms with E-state index in [2.05, 4.69) is 40.9 Å². The van der Waals surface area contributed by atoms with Gasteiger partial charge in [0.15, 0.2) is 0 Å². The van der Waals surface area contributed by atoms with Gasteiger partial charge in [0.05, 0.1) is 17.1 Å². The van der Waals surface area contributed by atoms with Crippen LogP contribution >= 0.6 is 11.3 Å². The lowest BCUT2D eigenvalue weighted by Crippen LogP contribution is -2.13. The van der Waals surface area contributed by atoms with Gasteiger partial charge >= 0.3 is 0 Å². The molecule has 1 aliphatic heterocycles. The molecule has 4 nitrogen and oxygen atoms in total. The maximum atomic E-state index is 4.24. The summed E-state index contributed by atoms with van der Waals surface area (Å²) in [7, 11) is 0. The van der Waals surface area contributed by atoms with Crippen LogP contribution in [0.15, 0.2) is 18.3 Å². The third-order valence-corrected chi connectivity index (χ3v) is 3.93. The van der Waals surface area contributed by atoms with Crippen molar-refractivity contribution >= 4 is 11.3 Å². The summed E-state index contributed by atoms with van der Waals surface area (Å²) in [5.41, 5.74) is 0.991. The average molecular weight is 234 g/mol. The van der Waals surface area contributed by atoms with Gasteiger partial charge in [0.2, 0.25) is 0 Å². The first-order chi connectivity index (χ1) is 7.83. The van der Waals surface area contributed by atoms with Crippen molar-refractivity contribution in [1.29, 1.82) is 0 Å². The summed E-state index contributed by atoms with van der Waals surface area (Å²) < 4.78 is 1.99. The van der Waals surface area contributed by atoms with Crippen LogP contribution in [-0.4, -0.2) is 28.1 Å². The predicted molar refractivity (Wildman–Crippen MR) is 64.6 cm³/mol. The molecule has 2 aromatic heterocycles. The lowest BCUT2D eigenvalue weighted by molar-refractivity contribution is 0.476. The number of hydrogen-bond acceptors (Lipinski definition) is 4. The molecule has 0 aromatic carbocycles. The van der Waals surface area contributed by atoms with Crippen molar-refractivity contribution in [2.24, 2.45) is 0 Å². The van der Waals surface area contributed by atoms with E-state index in [1.165, 1.54) is 9.75 Å². The van der Waals surface area contributed by atoms with Crippen molar-refractivity contribution in [2.75, 3.05) is 13.1 Å². The second kappa shape index (κ2) is 3.99. The molecular formula is C11H14N4S. The Morgan fingerprint density at radius 1 is 1.50 bits per heavy atom. The van der Waals surface area contributed by atoms with E-state index >= 15 is 0 Å². The van der Waals surface area contributed by atoms with Crippen molar-refractivity contribution in [2.45, 2.75) is 19.4 Å². The van der Waals surface area contributed by atoms with E-state index < -0.39 is 0 Å². The maximum Gasteiger partial charge on any atom is 0.123 e. The second-order valence-electron chi connectivity index (χ2n) is 4.14. The maximum absolute atomic E-state index is 4.24. The molecule has 1 fully saturated rings. The minimum absolute atomic E-state index is 0.474. The summed E-state index contributed by atoms with van der Waals surface area (Å²) in [5, 5.41) is 11.8. The number of nitrogens with zero attached hydrogens (tertiary/aromatic N) is 3. The summed E-state index contributed by atoms with van der Waals surface area (Å²) in [4.78, 5) is 2.52. The molecule has 3 heterocycles. The summed E-state index contributed by atoms with van der Waals surface area (Å²) in [6.45, 7) is 4.20. The number of aromatic nitrogens is 3. The summed E-state index contributed by atoms with van der Waals surface area (Å²) in [6, 6.07) is 4.71. The normalized spacial score (nSPS) is 20.4. The van der Waals surface area contributed by atoms with Crippen LogP contribution < -0.4 is 5.32 Å². The number of aryl methyl sites for hydroxylation is 1. The van der Waals surface area contributed by atoms with Gasteiger partial charge in [-0.1, -0.05) is 5.21 Å². The van der Waals surface area contributed by atoms with Crippen molar-refractivity contribution in [3.05, 3.63) is 23.2 Å². The summed E-state index contributed by atoms with van der Waals surface area (Å²) >= 11 is 1.77. The van der Waals surface area contributed by atoms with E-state index in [1.54, 1.807) is 11.3 Å². The lowest BCUT2D eigenvalue weighted by atomic mass is 10.3. The van der Waals surface area contributed by atoms with E-state index in [0.717, 1.165) is 25.2 Å². The highest BCUT2D eigenvalue weighted by molar-refractivity contribution is 7.15. The standard InChI is InChI=1S/C11H14N4S/c1-8-2-3-11(16-8)10-7-15(14-13-10)9-4-5-12-6-9/h2-3,7,9,12H,4-6H2,1H3. The summed E-state index contributed by atoms with van der Waals surface area (Å²) in [6.07, 6.45) is 3.20. The molecule has 0 aliphatic carbocycles. The molecule has 0 spiro atoms. The molecule has 1 aliphatic rings. The number of thiophene rings is 1. The molecule has 1 unspecified atom stereocenters. The molecule has 3 rings (SSSR count). The second-order valence-corrected chi connectivity index (χ2v) is 5.43. The molecule has 16 heavy (non-hydrogen) atoms. The molecule has 0 radical (unpaired) electrons. The highest BCUT2D eigenvalue weighted by atomic mass is 32.1. The Morgan fingerprint density at radius 2 is 2.44 bits per heavy atom. The van der Waals surface area contributed by atoms with Gasteiger partial charge < -0.3 is 5.32 Å². The molecule has 0 saturated carbocycles. The van der Waals surface area contributed by atoms with E-state index in [4.69, 9.17) is 0 Å². The Balaban J connectivity index is 1.87. The number of nitrogens with one attached hydrogen (secondary N) is 1. The molecule has 1 atom stereocenters. The van der Waals surface area contributed by atoms with E-state index in [9.17, 15) is 0 Å². The Labute approximate surface area is 98.3 Å². The average Bonchev–Trinajstić information content (AvgIpc) is 2.97. The van der Waals surface area contributed by atoms with Gasteiger partial charge in [-0.15, -0.1) is 16.4 Å². The van der Waals surface area contributed by atoms with Gasteiger partial charge in [0.25, 0.3) is 0 Å². The predicted octanol–water partition coefficient (Wildman–Crippen LogP) is 1.85. The van der Waals surface area contributed by atoms with Crippen LogP contribution in [-0.2, 0) is 0 Å². The zero-order valence-corrected chi connectivity index (χ0v) is 10.00. The third-order valence-electron chi connectivity index (χ3n) is 2.91. The van der Waals surface area contributed by atoms with Crippen LogP contribution in [0.5, 0.6) is 0 Å². The van der Waals surface area contributed by atoms with Crippen molar-refractivity contribution in [3.8, 4) is 10.6 Å². The van der Waals surface area contributed by atoms with E-state index in [1.807, 2.05) is 4.68 Å². The fraction of sp³-hybridized carbons (Fsp3) is 0.455. The Kier molecular flexibility index (Phi) is 2.49. The van der Waals surface area contributed by atoms with Crippen molar-refractivity contribution < 1.29 is 0 Å². The highest BCUT2D eigenvalue weighted by Crippen LogP contribution is 2.26.